The van der Waals surface area contributed by atoms with Crippen LogP contribution in [0.1, 0.15) is 55.5 Å². The van der Waals surface area contributed by atoms with Crippen LogP contribution in [0.25, 0.3) is 0 Å². The summed E-state index contributed by atoms with van der Waals surface area (Å²) in [4.78, 5) is 25.0. The second-order valence-electron chi connectivity index (χ2n) is 9.42. The van der Waals surface area contributed by atoms with E-state index in [2.05, 4.69) is 10.6 Å². The van der Waals surface area contributed by atoms with Gasteiger partial charge in [-0.15, -0.1) is 0 Å². The Hall–Kier alpha value is -2.60. The summed E-state index contributed by atoms with van der Waals surface area (Å²) in [5.41, 5.74) is 0.623. The lowest BCUT2D eigenvalue weighted by Gasteiger charge is -2.60. The van der Waals surface area contributed by atoms with Gasteiger partial charge >= 0.3 is 0 Å². The van der Waals surface area contributed by atoms with Gasteiger partial charge in [-0.3, -0.25) is 9.59 Å². The van der Waals surface area contributed by atoms with E-state index in [-0.39, 0.29) is 23.0 Å². The minimum Gasteiger partial charge on any atom is -0.459 e. The molecule has 152 valence electrons. The predicted molar refractivity (Wildman–Crippen MR) is 108 cm³/mol. The van der Waals surface area contributed by atoms with Gasteiger partial charge in [-0.05, 0) is 86.1 Å². The number of benzene rings is 1. The Bertz CT molecular complexity index is 922. The number of carbonyl (C=O) groups excluding carboxylic acids is 2. The van der Waals surface area contributed by atoms with E-state index >= 15 is 0 Å². The molecule has 0 saturated heterocycles. The van der Waals surface area contributed by atoms with Gasteiger partial charge in [-0.25, -0.2) is 0 Å². The molecule has 4 aliphatic carbocycles. The molecule has 2 atom stereocenters. The van der Waals surface area contributed by atoms with Gasteiger partial charge in [0.05, 0.1) is 11.9 Å². The molecular weight excluding hydrogens is 368 g/mol. The van der Waals surface area contributed by atoms with Crippen LogP contribution >= 0.6 is 0 Å². The first-order chi connectivity index (χ1) is 13.9. The summed E-state index contributed by atoms with van der Waals surface area (Å²) < 4.78 is 5.10. The molecule has 2 amide bonds. The third kappa shape index (κ3) is 3.69. The highest BCUT2D eigenvalue weighted by atomic mass is 16.3. The second kappa shape index (κ2) is 6.73. The van der Waals surface area contributed by atoms with E-state index in [0.717, 1.165) is 32.1 Å². The Balaban J connectivity index is 1.24. The van der Waals surface area contributed by atoms with Gasteiger partial charge in [0.15, 0.2) is 5.76 Å². The van der Waals surface area contributed by atoms with Crippen molar-refractivity contribution in [1.29, 1.82) is 0 Å². The summed E-state index contributed by atoms with van der Waals surface area (Å²) in [6.45, 7) is 0. The lowest BCUT2D eigenvalue weighted by Crippen LogP contribution is -2.56. The molecule has 4 aliphatic rings. The molecule has 0 aliphatic heterocycles. The van der Waals surface area contributed by atoms with Gasteiger partial charge in [0.25, 0.3) is 5.91 Å². The molecule has 4 saturated carbocycles. The molecule has 2 unspecified atom stereocenters. The first-order valence-electron chi connectivity index (χ1n) is 10.4. The van der Waals surface area contributed by atoms with Crippen molar-refractivity contribution in [2.24, 2.45) is 17.3 Å². The molecule has 2 aromatic rings. The van der Waals surface area contributed by atoms with Crippen LogP contribution in [-0.2, 0) is 4.79 Å². The zero-order chi connectivity index (χ0) is 20.1. The third-order valence-corrected chi connectivity index (χ3v) is 6.84. The average molecular weight is 394 g/mol. The molecule has 4 bridgehead atoms. The van der Waals surface area contributed by atoms with E-state index in [9.17, 15) is 14.7 Å². The number of aliphatic hydroxyl groups is 1. The molecule has 0 radical (unpaired) electrons. The number of hydrogen-bond acceptors (Lipinski definition) is 4. The van der Waals surface area contributed by atoms with Crippen LogP contribution in [0.2, 0.25) is 0 Å². The maximum Gasteiger partial charge on any atom is 0.291 e. The van der Waals surface area contributed by atoms with Crippen molar-refractivity contribution in [3.63, 3.8) is 0 Å². The monoisotopic (exact) mass is 394 g/mol. The lowest BCUT2D eigenvalue weighted by atomic mass is 9.47. The number of carbonyl (C=O) groups is 2. The van der Waals surface area contributed by atoms with E-state index < -0.39 is 5.60 Å². The van der Waals surface area contributed by atoms with Crippen LogP contribution in [0.5, 0.6) is 0 Å². The molecule has 29 heavy (non-hydrogen) atoms. The van der Waals surface area contributed by atoms with Crippen LogP contribution in [0.3, 0.4) is 0 Å². The van der Waals surface area contributed by atoms with Crippen molar-refractivity contribution < 1.29 is 19.1 Å². The number of anilines is 2. The molecule has 0 spiro atoms. The summed E-state index contributed by atoms with van der Waals surface area (Å²) in [7, 11) is 0. The standard InChI is InChI=1S/C23H26N2O4/c26-20(13-22-9-15-7-16(10-22)12-23(28,11-15)14-22)24-17-3-1-4-18(8-17)25-21(27)19-5-2-6-29-19/h1-6,8,15-16,28H,7,9-14H2,(H,24,26)(H,25,27). The number of nitrogens with one attached hydrogen (secondary N) is 2. The van der Waals surface area contributed by atoms with Crippen molar-refractivity contribution in [3.8, 4) is 0 Å². The molecule has 4 fully saturated rings. The molecule has 6 rings (SSSR count). The summed E-state index contributed by atoms with van der Waals surface area (Å²) in [6.07, 6.45) is 7.78. The quantitative estimate of drug-likeness (QED) is 0.709. The van der Waals surface area contributed by atoms with E-state index in [0.29, 0.717) is 29.6 Å². The van der Waals surface area contributed by atoms with Gasteiger partial charge in [0, 0.05) is 17.8 Å². The minimum atomic E-state index is -0.555. The summed E-state index contributed by atoms with van der Waals surface area (Å²) in [5, 5.41) is 16.6. The van der Waals surface area contributed by atoms with Crippen LogP contribution in [-0.4, -0.2) is 22.5 Å². The number of furan rings is 1. The SMILES string of the molecule is O=C(CC12CC3CC(CC(O)(C3)C1)C2)Nc1cccc(NC(=O)c2ccco2)c1. The summed E-state index contributed by atoms with van der Waals surface area (Å²) in [6, 6.07) is 10.4. The molecule has 1 aromatic carbocycles. The Morgan fingerprint density at radius 1 is 1.03 bits per heavy atom. The van der Waals surface area contributed by atoms with Crippen LogP contribution < -0.4 is 10.6 Å². The van der Waals surface area contributed by atoms with Crippen LogP contribution in [0, 0.1) is 17.3 Å². The molecule has 6 nitrogen and oxygen atoms in total. The van der Waals surface area contributed by atoms with Crippen molar-refractivity contribution in [2.45, 2.75) is 50.5 Å². The average Bonchev–Trinajstić information content (AvgIpc) is 3.14. The van der Waals surface area contributed by atoms with Gasteiger partial charge in [-0.2, -0.15) is 0 Å². The first-order valence-corrected chi connectivity index (χ1v) is 10.4. The first kappa shape index (κ1) is 18.4. The van der Waals surface area contributed by atoms with Crippen LogP contribution in [0.4, 0.5) is 11.4 Å². The van der Waals surface area contributed by atoms with Crippen LogP contribution in [0.15, 0.2) is 47.1 Å². The largest absolute Gasteiger partial charge is 0.459 e. The number of hydrogen-bond donors (Lipinski definition) is 3. The van der Waals surface area contributed by atoms with Gasteiger partial charge in [0.1, 0.15) is 0 Å². The minimum absolute atomic E-state index is 0.0231. The highest BCUT2D eigenvalue weighted by molar-refractivity contribution is 6.02. The third-order valence-electron chi connectivity index (χ3n) is 6.84. The van der Waals surface area contributed by atoms with E-state index in [1.54, 1.807) is 30.3 Å². The fourth-order valence-electron chi connectivity index (χ4n) is 6.43. The fraction of sp³-hybridized carbons (Fsp3) is 0.478. The lowest BCUT2D eigenvalue weighted by molar-refractivity contribution is -0.167. The van der Waals surface area contributed by atoms with Crippen molar-refractivity contribution in [3.05, 3.63) is 48.4 Å². The zero-order valence-corrected chi connectivity index (χ0v) is 16.3. The Morgan fingerprint density at radius 2 is 1.76 bits per heavy atom. The highest BCUT2D eigenvalue weighted by Gasteiger charge is 2.57. The highest BCUT2D eigenvalue weighted by Crippen LogP contribution is 2.62. The second-order valence-corrected chi connectivity index (χ2v) is 9.42. The summed E-state index contributed by atoms with van der Waals surface area (Å²) in [5.74, 6) is 1.01. The Labute approximate surface area is 169 Å². The normalized spacial score (nSPS) is 32.2. The zero-order valence-electron chi connectivity index (χ0n) is 16.3. The summed E-state index contributed by atoms with van der Waals surface area (Å²) >= 11 is 0. The van der Waals surface area contributed by atoms with Crippen molar-refractivity contribution >= 4 is 23.2 Å². The maximum absolute atomic E-state index is 12.8. The smallest absolute Gasteiger partial charge is 0.291 e. The van der Waals surface area contributed by atoms with Crippen molar-refractivity contribution in [2.75, 3.05) is 10.6 Å². The predicted octanol–water partition coefficient (Wildman–Crippen LogP) is 4.19. The van der Waals surface area contributed by atoms with Crippen molar-refractivity contribution in [1.82, 2.24) is 0 Å². The molecule has 1 heterocycles. The Kier molecular flexibility index (Phi) is 4.28. The fourth-order valence-corrected chi connectivity index (χ4v) is 6.43. The van der Waals surface area contributed by atoms with E-state index in [1.165, 1.54) is 12.7 Å². The number of amides is 2. The molecule has 6 heteroatoms. The van der Waals surface area contributed by atoms with Gasteiger partial charge < -0.3 is 20.2 Å². The topological polar surface area (TPSA) is 91.6 Å². The van der Waals surface area contributed by atoms with E-state index in [4.69, 9.17) is 4.42 Å². The van der Waals surface area contributed by atoms with Gasteiger partial charge in [0.2, 0.25) is 5.91 Å². The Morgan fingerprint density at radius 3 is 2.41 bits per heavy atom. The molecule has 3 N–H and O–H groups in total. The molecular formula is C23H26N2O4. The van der Waals surface area contributed by atoms with Gasteiger partial charge in [-0.1, -0.05) is 6.07 Å². The number of rotatable bonds is 5. The molecule has 1 aromatic heterocycles. The maximum atomic E-state index is 12.8. The van der Waals surface area contributed by atoms with E-state index in [1.807, 2.05) is 6.07 Å².